The molecule has 3 N–H and O–H groups in total. The summed E-state index contributed by atoms with van der Waals surface area (Å²) in [6, 6.07) is 3.47. The lowest BCUT2D eigenvalue weighted by molar-refractivity contribution is 0.00313. The van der Waals surface area contributed by atoms with E-state index in [1.165, 1.54) is 4.90 Å². The van der Waals surface area contributed by atoms with Crippen LogP contribution in [0.2, 0.25) is 0 Å². The zero-order valence-electron chi connectivity index (χ0n) is 10.6. The Morgan fingerprint density at radius 2 is 2.33 bits per heavy atom. The van der Waals surface area contributed by atoms with Gasteiger partial charge in [0.2, 0.25) is 0 Å². The first-order valence-corrected chi connectivity index (χ1v) is 5.85. The van der Waals surface area contributed by atoms with E-state index in [9.17, 15) is 9.90 Å². The van der Waals surface area contributed by atoms with Crippen molar-refractivity contribution in [3.05, 3.63) is 24.0 Å². The minimum absolute atomic E-state index is 0.136. The van der Waals surface area contributed by atoms with Gasteiger partial charge in [-0.05, 0) is 12.1 Å². The van der Waals surface area contributed by atoms with Crippen LogP contribution >= 0.6 is 0 Å². The second-order valence-corrected chi connectivity index (χ2v) is 4.81. The number of pyridine rings is 1. The molecule has 1 saturated heterocycles. The van der Waals surface area contributed by atoms with Gasteiger partial charge in [0.25, 0.3) is 5.91 Å². The molecular formula is C12H18N4O2. The molecule has 1 aromatic rings. The molecular weight excluding hydrogens is 232 g/mol. The van der Waals surface area contributed by atoms with E-state index >= 15 is 0 Å². The molecule has 1 aromatic heterocycles. The Balaban J connectivity index is 2.01. The van der Waals surface area contributed by atoms with Crippen molar-refractivity contribution in [2.75, 3.05) is 39.0 Å². The van der Waals surface area contributed by atoms with Gasteiger partial charge in [0.05, 0.1) is 0 Å². The Morgan fingerprint density at radius 3 is 2.89 bits per heavy atom. The molecule has 0 radical (unpaired) electrons. The predicted octanol–water partition coefficient (Wildman–Crippen LogP) is -0.470. The van der Waals surface area contributed by atoms with Gasteiger partial charge < -0.3 is 20.6 Å². The average molecular weight is 250 g/mol. The third-order valence-electron chi connectivity index (χ3n) is 2.91. The van der Waals surface area contributed by atoms with Crippen molar-refractivity contribution in [3.8, 4) is 0 Å². The first-order valence-electron chi connectivity index (χ1n) is 5.85. The molecule has 0 spiro atoms. The van der Waals surface area contributed by atoms with E-state index < -0.39 is 5.60 Å². The third-order valence-corrected chi connectivity index (χ3v) is 2.91. The number of aromatic nitrogens is 1. The SMILES string of the molecule is CN(C)C(=O)c1cc(NCC2(O)CNC2)ccn1. The maximum Gasteiger partial charge on any atom is 0.272 e. The molecule has 0 aromatic carbocycles. The molecule has 6 heteroatoms. The highest BCUT2D eigenvalue weighted by atomic mass is 16.3. The number of carbonyl (C=O) groups is 1. The van der Waals surface area contributed by atoms with Gasteiger partial charge in [0.1, 0.15) is 11.3 Å². The van der Waals surface area contributed by atoms with Gasteiger partial charge in [-0.2, -0.15) is 0 Å². The van der Waals surface area contributed by atoms with Crippen LogP contribution in [0.4, 0.5) is 5.69 Å². The largest absolute Gasteiger partial charge is 0.385 e. The van der Waals surface area contributed by atoms with Gasteiger partial charge in [-0.1, -0.05) is 0 Å². The standard InChI is InChI=1S/C12H18N4O2/c1-16(2)11(17)10-5-9(3-4-14-10)15-8-12(18)6-13-7-12/h3-5,13,18H,6-8H2,1-2H3,(H,14,15). The van der Waals surface area contributed by atoms with Crippen LogP contribution < -0.4 is 10.6 Å². The quantitative estimate of drug-likeness (QED) is 0.673. The maximum absolute atomic E-state index is 11.7. The summed E-state index contributed by atoms with van der Waals surface area (Å²) in [6.07, 6.45) is 1.59. The summed E-state index contributed by atoms with van der Waals surface area (Å²) in [5, 5.41) is 16.1. The number of nitrogens with one attached hydrogen (secondary N) is 2. The molecule has 2 rings (SSSR count). The lowest BCUT2D eigenvalue weighted by Crippen LogP contribution is -2.63. The topological polar surface area (TPSA) is 77.5 Å². The number of rotatable bonds is 4. The van der Waals surface area contributed by atoms with E-state index in [1.54, 1.807) is 32.4 Å². The molecule has 0 unspecified atom stereocenters. The molecule has 1 aliphatic rings. The minimum Gasteiger partial charge on any atom is -0.385 e. The van der Waals surface area contributed by atoms with Crippen molar-refractivity contribution in [2.24, 2.45) is 0 Å². The molecule has 98 valence electrons. The fourth-order valence-electron chi connectivity index (χ4n) is 1.69. The van der Waals surface area contributed by atoms with Crippen molar-refractivity contribution < 1.29 is 9.90 Å². The lowest BCUT2D eigenvalue weighted by atomic mass is 9.97. The molecule has 0 aliphatic carbocycles. The van der Waals surface area contributed by atoms with E-state index in [2.05, 4.69) is 15.6 Å². The van der Waals surface area contributed by atoms with Crippen LogP contribution in [0.5, 0.6) is 0 Å². The number of hydrogen-bond donors (Lipinski definition) is 3. The molecule has 1 aliphatic heterocycles. The number of hydrogen-bond acceptors (Lipinski definition) is 5. The van der Waals surface area contributed by atoms with Crippen LogP contribution in [0.3, 0.4) is 0 Å². The van der Waals surface area contributed by atoms with Crippen molar-refractivity contribution in [1.29, 1.82) is 0 Å². The number of carbonyl (C=O) groups excluding carboxylic acids is 1. The monoisotopic (exact) mass is 250 g/mol. The minimum atomic E-state index is -0.686. The number of aliphatic hydroxyl groups is 1. The first kappa shape index (κ1) is 12.8. The molecule has 18 heavy (non-hydrogen) atoms. The number of amides is 1. The Kier molecular flexibility index (Phi) is 3.49. The molecule has 1 fully saturated rings. The summed E-state index contributed by atoms with van der Waals surface area (Å²) >= 11 is 0. The fraction of sp³-hybridized carbons (Fsp3) is 0.500. The van der Waals surface area contributed by atoms with Crippen LogP contribution in [0.25, 0.3) is 0 Å². The van der Waals surface area contributed by atoms with Gasteiger partial charge in [-0.3, -0.25) is 9.78 Å². The maximum atomic E-state index is 11.7. The highest BCUT2D eigenvalue weighted by Gasteiger charge is 2.33. The summed E-state index contributed by atoms with van der Waals surface area (Å²) in [5.74, 6) is -0.136. The number of β-amino-alcohol motifs (C(OH)–C–C–N with tert-alkyl or cyclic N) is 1. The van der Waals surface area contributed by atoms with Crippen molar-refractivity contribution in [1.82, 2.24) is 15.2 Å². The predicted molar refractivity (Wildman–Crippen MR) is 68.6 cm³/mol. The molecule has 0 saturated carbocycles. The smallest absolute Gasteiger partial charge is 0.272 e. The summed E-state index contributed by atoms with van der Waals surface area (Å²) < 4.78 is 0. The normalized spacial score (nSPS) is 16.8. The van der Waals surface area contributed by atoms with E-state index in [0.29, 0.717) is 25.3 Å². The van der Waals surface area contributed by atoms with Gasteiger partial charge >= 0.3 is 0 Å². The highest BCUT2D eigenvalue weighted by molar-refractivity contribution is 5.92. The Morgan fingerprint density at radius 1 is 1.61 bits per heavy atom. The zero-order valence-corrected chi connectivity index (χ0v) is 10.6. The average Bonchev–Trinajstić information content (AvgIpc) is 2.33. The van der Waals surface area contributed by atoms with E-state index in [-0.39, 0.29) is 5.91 Å². The van der Waals surface area contributed by atoms with Gasteiger partial charge in [0.15, 0.2) is 0 Å². The second-order valence-electron chi connectivity index (χ2n) is 4.81. The first-order chi connectivity index (χ1) is 8.50. The molecule has 0 atom stereocenters. The Labute approximate surface area is 106 Å². The highest BCUT2D eigenvalue weighted by Crippen LogP contribution is 2.14. The molecule has 1 amide bonds. The zero-order chi connectivity index (χ0) is 13.2. The van der Waals surface area contributed by atoms with Crippen LogP contribution in [-0.4, -0.2) is 60.2 Å². The van der Waals surface area contributed by atoms with Crippen LogP contribution in [0, 0.1) is 0 Å². The molecule has 6 nitrogen and oxygen atoms in total. The van der Waals surface area contributed by atoms with Gasteiger partial charge in [-0.25, -0.2) is 0 Å². The van der Waals surface area contributed by atoms with Crippen LogP contribution in [0.1, 0.15) is 10.5 Å². The molecule has 0 bridgehead atoms. The fourth-order valence-corrected chi connectivity index (χ4v) is 1.69. The van der Waals surface area contributed by atoms with Crippen LogP contribution in [-0.2, 0) is 0 Å². The number of anilines is 1. The Bertz CT molecular complexity index is 443. The van der Waals surface area contributed by atoms with E-state index in [1.807, 2.05) is 0 Å². The van der Waals surface area contributed by atoms with E-state index in [4.69, 9.17) is 0 Å². The van der Waals surface area contributed by atoms with Gasteiger partial charge in [-0.15, -0.1) is 0 Å². The lowest BCUT2D eigenvalue weighted by Gasteiger charge is -2.37. The second kappa shape index (κ2) is 4.91. The van der Waals surface area contributed by atoms with Crippen molar-refractivity contribution >= 4 is 11.6 Å². The molecule has 2 heterocycles. The number of nitrogens with zero attached hydrogens (tertiary/aromatic N) is 2. The summed E-state index contributed by atoms with van der Waals surface area (Å²) in [5.41, 5.74) is 0.494. The van der Waals surface area contributed by atoms with Gasteiger partial charge in [0, 0.05) is 45.6 Å². The summed E-state index contributed by atoms with van der Waals surface area (Å²) in [6.45, 7) is 1.64. The summed E-state index contributed by atoms with van der Waals surface area (Å²) in [4.78, 5) is 17.3. The van der Waals surface area contributed by atoms with E-state index in [0.717, 1.165) is 5.69 Å². The Hall–Kier alpha value is -1.66. The van der Waals surface area contributed by atoms with Crippen molar-refractivity contribution in [3.63, 3.8) is 0 Å². The van der Waals surface area contributed by atoms with Crippen LogP contribution in [0.15, 0.2) is 18.3 Å². The third kappa shape index (κ3) is 2.77. The summed E-state index contributed by atoms with van der Waals surface area (Å²) in [7, 11) is 3.37. The van der Waals surface area contributed by atoms with Crippen molar-refractivity contribution in [2.45, 2.75) is 5.60 Å².